The van der Waals surface area contributed by atoms with E-state index in [1.54, 1.807) is 4.31 Å². The van der Waals surface area contributed by atoms with E-state index < -0.39 is 10.0 Å². The van der Waals surface area contributed by atoms with E-state index in [2.05, 4.69) is 10.6 Å². The number of sulfonamides is 1. The van der Waals surface area contributed by atoms with E-state index in [1.165, 1.54) is 0 Å². The number of hydrogen-bond acceptors (Lipinski definition) is 4. The summed E-state index contributed by atoms with van der Waals surface area (Å²) in [6, 6.07) is 2.04. The number of piperidine rings is 1. The maximum absolute atomic E-state index is 13.3. The molecule has 6 nitrogen and oxygen atoms in total. The van der Waals surface area contributed by atoms with Gasteiger partial charge in [0.25, 0.3) is 0 Å². The number of likely N-dealkylation sites (N-methyl/N-ethyl adjacent to an activating group) is 1. The highest BCUT2D eigenvalue weighted by molar-refractivity contribution is 7.89. The van der Waals surface area contributed by atoms with E-state index in [4.69, 9.17) is 0 Å². The third-order valence-corrected chi connectivity index (χ3v) is 7.74. The Hall–Kier alpha value is -1.15. The summed E-state index contributed by atoms with van der Waals surface area (Å²) in [5.74, 6) is -0.0803. The van der Waals surface area contributed by atoms with Crippen molar-refractivity contribution in [3.63, 3.8) is 0 Å². The lowest BCUT2D eigenvalue weighted by atomic mass is 9.97. The Bertz CT molecular complexity index is 762. The number of aryl methyl sites for hydroxylation is 2. The number of carbonyl (C=O) groups excluding carboxylic acids is 1. The van der Waals surface area contributed by atoms with Crippen LogP contribution in [0.15, 0.2) is 11.0 Å². The summed E-state index contributed by atoms with van der Waals surface area (Å²) in [6.07, 6.45) is 1.13. The normalized spacial score (nSPS) is 15.9. The first-order valence-corrected chi connectivity index (χ1v) is 11.2. The second kappa shape index (κ2) is 10.6. The summed E-state index contributed by atoms with van der Waals surface area (Å²) in [6.45, 7) is 12.7. The third kappa shape index (κ3) is 5.47. The van der Waals surface area contributed by atoms with Crippen molar-refractivity contribution in [2.24, 2.45) is 5.92 Å². The molecule has 0 spiro atoms. The summed E-state index contributed by atoms with van der Waals surface area (Å²) in [5, 5.41) is 6.11. The van der Waals surface area contributed by atoms with Gasteiger partial charge in [0.15, 0.2) is 0 Å². The molecular weight excluding hydrogens is 398 g/mol. The van der Waals surface area contributed by atoms with Crippen molar-refractivity contribution in [1.29, 1.82) is 0 Å². The Kier molecular flexibility index (Phi) is 9.40. The molecule has 1 heterocycles. The molecule has 0 atom stereocenters. The highest BCUT2D eigenvalue weighted by Crippen LogP contribution is 2.31. The Labute approximate surface area is 175 Å². The van der Waals surface area contributed by atoms with E-state index in [0.717, 1.165) is 35.3 Å². The summed E-state index contributed by atoms with van der Waals surface area (Å²) in [7, 11) is -3.55. The maximum atomic E-state index is 13.3. The SMILES string of the molecule is CCNCCNC(=O)C1CCN(S(=O)(=O)c2c(C)c(C)cc(C)c2C)CC1.Cl. The quantitative estimate of drug-likeness (QED) is 0.650. The third-order valence-electron chi connectivity index (χ3n) is 5.57. The fourth-order valence-electron chi connectivity index (χ4n) is 3.65. The van der Waals surface area contributed by atoms with Gasteiger partial charge < -0.3 is 10.6 Å². The van der Waals surface area contributed by atoms with Crippen molar-refractivity contribution in [2.75, 3.05) is 32.7 Å². The molecule has 1 aliphatic rings. The molecule has 0 aromatic heterocycles. The molecule has 0 unspecified atom stereocenters. The van der Waals surface area contributed by atoms with Crippen molar-refractivity contribution in [3.8, 4) is 0 Å². The molecular formula is C20H34ClN3O3S. The molecule has 1 saturated heterocycles. The fraction of sp³-hybridized carbons (Fsp3) is 0.650. The molecule has 1 aliphatic heterocycles. The van der Waals surface area contributed by atoms with E-state index in [0.29, 0.717) is 37.4 Å². The second-order valence-electron chi connectivity index (χ2n) is 7.41. The van der Waals surface area contributed by atoms with Crippen LogP contribution in [0.25, 0.3) is 0 Å². The molecule has 1 fully saturated rings. The minimum atomic E-state index is -3.55. The first-order chi connectivity index (χ1) is 12.7. The summed E-state index contributed by atoms with van der Waals surface area (Å²) in [5.41, 5.74) is 3.63. The monoisotopic (exact) mass is 431 g/mol. The van der Waals surface area contributed by atoms with E-state index >= 15 is 0 Å². The van der Waals surface area contributed by atoms with Crippen LogP contribution < -0.4 is 10.6 Å². The molecule has 2 rings (SSSR count). The minimum Gasteiger partial charge on any atom is -0.355 e. The van der Waals surface area contributed by atoms with Gasteiger partial charge in [0.05, 0.1) is 4.90 Å². The average molecular weight is 432 g/mol. The minimum absolute atomic E-state index is 0. The van der Waals surface area contributed by atoms with Crippen LogP contribution in [0, 0.1) is 33.6 Å². The lowest BCUT2D eigenvalue weighted by molar-refractivity contribution is -0.126. The molecule has 1 amide bonds. The standard InChI is InChI=1S/C20H33N3O3S.ClH/c1-6-21-9-10-22-20(24)18-7-11-23(12-8-18)27(25,26)19-16(4)14(2)13-15(3)17(19)5;/h13,18,21H,6-12H2,1-5H3,(H,22,24);1H. The van der Waals surface area contributed by atoms with Crippen LogP contribution in [0.1, 0.15) is 42.0 Å². The summed E-state index contributed by atoms with van der Waals surface area (Å²) in [4.78, 5) is 12.7. The van der Waals surface area contributed by atoms with Gasteiger partial charge in [-0.15, -0.1) is 12.4 Å². The predicted molar refractivity (Wildman–Crippen MR) is 116 cm³/mol. The molecule has 0 aliphatic carbocycles. The number of nitrogens with one attached hydrogen (secondary N) is 2. The van der Waals surface area contributed by atoms with Gasteiger partial charge >= 0.3 is 0 Å². The van der Waals surface area contributed by atoms with Crippen molar-refractivity contribution in [1.82, 2.24) is 14.9 Å². The van der Waals surface area contributed by atoms with Crippen molar-refractivity contribution in [3.05, 3.63) is 28.3 Å². The van der Waals surface area contributed by atoms with Gasteiger partial charge in [0.2, 0.25) is 15.9 Å². The first-order valence-electron chi connectivity index (χ1n) is 9.76. The Morgan fingerprint density at radius 2 is 1.61 bits per heavy atom. The van der Waals surface area contributed by atoms with Crippen molar-refractivity contribution >= 4 is 28.3 Å². The molecule has 1 aromatic carbocycles. The van der Waals surface area contributed by atoms with Crippen LogP contribution in [-0.4, -0.2) is 51.4 Å². The molecule has 0 saturated carbocycles. The van der Waals surface area contributed by atoms with Crippen LogP contribution in [-0.2, 0) is 14.8 Å². The van der Waals surface area contributed by atoms with Gasteiger partial charge in [-0.1, -0.05) is 13.0 Å². The number of carbonyl (C=O) groups is 1. The number of benzene rings is 1. The summed E-state index contributed by atoms with van der Waals surface area (Å²) < 4.78 is 28.1. The lowest BCUT2D eigenvalue weighted by Gasteiger charge is -2.31. The predicted octanol–water partition coefficient (Wildman–Crippen LogP) is 2.47. The Morgan fingerprint density at radius 3 is 2.11 bits per heavy atom. The molecule has 28 heavy (non-hydrogen) atoms. The molecule has 1 aromatic rings. The lowest BCUT2D eigenvalue weighted by Crippen LogP contribution is -2.44. The molecule has 160 valence electrons. The molecule has 2 N–H and O–H groups in total. The number of rotatable bonds is 7. The number of halogens is 1. The van der Waals surface area contributed by atoms with Crippen LogP contribution in [0.2, 0.25) is 0 Å². The fourth-order valence-corrected chi connectivity index (χ4v) is 5.70. The Morgan fingerprint density at radius 1 is 1.07 bits per heavy atom. The van der Waals surface area contributed by atoms with Crippen molar-refractivity contribution in [2.45, 2.75) is 52.4 Å². The number of amides is 1. The number of hydrogen-bond donors (Lipinski definition) is 2. The molecule has 8 heteroatoms. The zero-order valence-electron chi connectivity index (χ0n) is 17.6. The van der Waals surface area contributed by atoms with E-state index in [9.17, 15) is 13.2 Å². The largest absolute Gasteiger partial charge is 0.355 e. The van der Waals surface area contributed by atoms with Crippen LogP contribution >= 0.6 is 12.4 Å². The van der Waals surface area contributed by atoms with Crippen LogP contribution in [0.3, 0.4) is 0 Å². The van der Waals surface area contributed by atoms with Gasteiger partial charge in [-0.3, -0.25) is 4.79 Å². The average Bonchev–Trinajstić information content (AvgIpc) is 2.63. The van der Waals surface area contributed by atoms with Crippen LogP contribution in [0.5, 0.6) is 0 Å². The van der Waals surface area contributed by atoms with Crippen LogP contribution in [0.4, 0.5) is 0 Å². The topological polar surface area (TPSA) is 78.5 Å². The van der Waals surface area contributed by atoms with E-state index in [-0.39, 0.29) is 24.2 Å². The maximum Gasteiger partial charge on any atom is 0.243 e. The van der Waals surface area contributed by atoms with Crippen molar-refractivity contribution < 1.29 is 13.2 Å². The zero-order valence-corrected chi connectivity index (χ0v) is 19.2. The van der Waals surface area contributed by atoms with Gasteiger partial charge in [-0.05, 0) is 69.3 Å². The molecule has 0 bridgehead atoms. The van der Waals surface area contributed by atoms with Gasteiger partial charge in [0, 0.05) is 32.1 Å². The molecule has 0 radical (unpaired) electrons. The second-order valence-corrected chi connectivity index (χ2v) is 9.29. The van der Waals surface area contributed by atoms with E-state index in [1.807, 2.05) is 40.7 Å². The zero-order chi connectivity index (χ0) is 20.2. The highest BCUT2D eigenvalue weighted by Gasteiger charge is 2.34. The first kappa shape index (κ1) is 24.9. The summed E-state index contributed by atoms with van der Waals surface area (Å²) >= 11 is 0. The number of nitrogens with zero attached hydrogens (tertiary/aromatic N) is 1. The van der Waals surface area contributed by atoms with Gasteiger partial charge in [0.1, 0.15) is 0 Å². The highest BCUT2D eigenvalue weighted by atomic mass is 35.5. The van der Waals surface area contributed by atoms with Gasteiger partial charge in [-0.2, -0.15) is 4.31 Å². The smallest absolute Gasteiger partial charge is 0.243 e. The Balaban J connectivity index is 0.00000392. The van der Waals surface area contributed by atoms with Gasteiger partial charge in [-0.25, -0.2) is 8.42 Å².